The Balaban J connectivity index is 1.47. The van der Waals surface area contributed by atoms with Gasteiger partial charge in [0.05, 0.1) is 19.2 Å². The van der Waals surface area contributed by atoms with Crippen molar-refractivity contribution in [1.82, 2.24) is 14.3 Å². The highest BCUT2D eigenvalue weighted by Gasteiger charge is 2.37. The molecule has 5 nitrogen and oxygen atoms in total. The number of benzene rings is 1. The molecule has 1 aliphatic heterocycles. The van der Waals surface area contributed by atoms with Crippen LogP contribution in [0.15, 0.2) is 35.8 Å². The van der Waals surface area contributed by atoms with Crippen LogP contribution in [0.25, 0.3) is 4.83 Å². The zero-order chi connectivity index (χ0) is 19.0. The zero-order valence-corrected chi connectivity index (χ0v) is 16.9. The summed E-state index contributed by atoms with van der Waals surface area (Å²) in [4.78, 5) is 20.9. The first-order valence-electron chi connectivity index (χ1n) is 9.34. The average molecular weight is 384 g/mol. The van der Waals surface area contributed by atoms with E-state index >= 15 is 0 Å². The van der Waals surface area contributed by atoms with Crippen LogP contribution in [0.3, 0.4) is 0 Å². The molecule has 0 N–H and O–H groups in total. The Labute approximate surface area is 163 Å². The van der Waals surface area contributed by atoms with Crippen LogP contribution in [0.5, 0.6) is 5.75 Å². The Kier molecular flexibility index (Phi) is 4.68. The number of aromatic nitrogens is 2. The number of amides is 1. The van der Waals surface area contributed by atoms with Gasteiger partial charge in [-0.1, -0.05) is 25.1 Å². The smallest absolute Gasteiger partial charge is 0.227 e. The van der Waals surface area contributed by atoms with Gasteiger partial charge in [-0.3, -0.25) is 9.20 Å². The number of likely N-dealkylation sites (tertiary alicyclic amines) is 1. The van der Waals surface area contributed by atoms with Crippen molar-refractivity contribution in [2.24, 2.45) is 0 Å². The molecule has 0 radical (unpaired) electrons. The molecular formula is C21H25N3O2S. The number of piperidine rings is 1. The normalized spacial score (nSPS) is 16.6. The maximum Gasteiger partial charge on any atom is 0.227 e. The number of rotatable bonds is 4. The lowest BCUT2D eigenvalue weighted by molar-refractivity contribution is -0.132. The molecular weight excluding hydrogens is 358 g/mol. The molecule has 27 heavy (non-hydrogen) atoms. The van der Waals surface area contributed by atoms with Gasteiger partial charge in [0.2, 0.25) is 5.91 Å². The maximum atomic E-state index is 12.8. The van der Waals surface area contributed by atoms with Crippen molar-refractivity contribution in [1.29, 1.82) is 0 Å². The standard InChI is InChI=1S/C21H25N3O2S/c1-15-22-19(20-24(15)12-13-27-20)21(2)8-10-23(11-9-21)18(25)14-16-6-4-5-7-17(16)26-3/h4-7,12-13H,8-11,14H2,1-3H3. The fraction of sp³-hybridized carbons (Fsp3) is 0.429. The molecule has 3 aromatic rings. The average Bonchev–Trinajstić information content (AvgIpc) is 3.27. The van der Waals surface area contributed by atoms with Crippen LogP contribution < -0.4 is 4.74 Å². The van der Waals surface area contributed by atoms with Gasteiger partial charge in [0, 0.05) is 35.6 Å². The molecule has 1 saturated heterocycles. The Hall–Kier alpha value is -2.34. The van der Waals surface area contributed by atoms with Gasteiger partial charge in [-0.2, -0.15) is 0 Å². The van der Waals surface area contributed by atoms with E-state index in [2.05, 4.69) is 29.8 Å². The summed E-state index contributed by atoms with van der Waals surface area (Å²) in [5, 5.41) is 2.11. The maximum absolute atomic E-state index is 12.8. The van der Waals surface area contributed by atoms with Crippen molar-refractivity contribution in [3.8, 4) is 5.75 Å². The second kappa shape index (κ2) is 7.00. The topological polar surface area (TPSA) is 46.8 Å². The fourth-order valence-electron chi connectivity index (χ4n) is 3.97. The number of aryl methyl sites for hydroxylation is 1. The minimum Gasteiger partial charge on any atom is -0.496 e. The van der Waals surface area contributed by atoms with Crippen LogP contribution in [-0.2, 0) is 16.6 Å². The van der Waals surface area contributed by atoms with Crippen LogP contribution >= 0.6 is 11.3 Å². The summed E-state index contributed by atoms with van der Waals surface area (Å²) in [5.41, 5.74) is 2.15. The molecule has 0 aliphatic carbocycles. The number of imidazole rings is 1. The van der Waals surface area contributed by atoms with Gasteiger partial charge in [0.25, 0.3) is 0 Å². The van der Waals surface area contributed by atoms with Gasteiger partial charge in [-0.05, 0) is 25.8 Å². The number of carbonyl (C=O) groups excluding carboxylic acids is 1. The summed E-state index contributed by atoms with van der Waals surface area (Å²) in [6.07, 6.45) is 4.35. The second-order valence-corrected chi connectivity index (χ2v) is 8.41. The predicted octanol–water partition coefficient (Wildman–Crippen LogP) is 3.84. The van der Waals surface area contributed by atoms with Crippen molar-refractivity contribution in [3.05, 3.63) is 52.9 Å². The minimum absolute atomic E-state index is 0.0194. The number of nitrogens with zero attached hydrogens (tertiary/aromatic N) is 3. The van der Waals surface area contributed by atoms with Gasteiger partial charge >= 0.3 is 0 Å². The Bertz CT molecular complexity index is 967. The summed E-state index contributed by atoms with van der Waals surface area (Å²) in [7, 11) is 1.65. The summed E-state index contributed by atoms with van der Waals surface area (Å²) in [6, 6.07) is 7.75. The summed E-state index contributed by atoms with van der Waals surface area (Å²) >= 11 is 1.75. The van der Waals surface area contributed by atoms with Crippen LogP contribution in [0.4, 0.5) is 0 Å². The van der Waals surface area contributed by atoms with Crippen LogP contribution in [-0.4, -0.2) is 40.4 Å². The van der Waals surface area contributed by atoms with Crippen molar-refractivity contribution >= 4 is 22.1 Å². The van der Waals surface area contributed by atoms with Crippen LogP contribution in [0.1, 0.15) is 36.8 Å². The number of thiazole rings is 1. The van der Waals surface area contributed by atoms with Crippen molar-refractivity contribution < 1.29 is 9.53 Å². The summed E-state index contributed by atoms with van der Waals surface area (Å²) < 4.78 is 7.55. The number of carbonyl (C=O) groups is 1. The highest BCUT2D eigenvalue weighted by Crippen LogP contribution is 2.38. The molecule has 6 heteroatoms. The highest BCUT2D eigenvalue weighted by molar-refractivity contribution is 7.15. The monoisotopic (exact) mass is 383 g/mol. The van der Waals surface area contributed by atoms with E-state index in [1.54, 1.807) is 18.4 Å². The van der Waals surface area contributed by atoms with Crippen LogP contribution in [0.2, 0.25) is 0 Å². The van der Waals surface area contributed by atoms with E-state index in [9.17, 15) is 4.79 Å². The molecule has 4 rings (SSSR count). The minimum atomic E-state index is 0.0194. The largest absolute Gasteiger partial charge is 0.496 e. The molecule has 1 aromatic carbocycles. The molecule has 0 atom stereocenters. The molecule has 0 unspecified atom stereocenters. The molecule has 1 amide bonds. The Morgan fingerprint density at radius 2 is 2.04 bits per heavy atom. The molecule has 0 spiro atoms. The second-order valence-electron chi connectivity index (χ2n) is 7.52. The number of methoxy groups -OCH3 is 1. The third kappa shape index (κ3) is 3.23. The Morgan fingerprint density at radius 3 is 2.78 bits per heavy atom. The third-order valence-electron chi connectivity index (χ3n) is 5.76. The first-order chi connectivity index (χ1) is 13.0. The molecule has 1 aliphatic rings. The van der Waals surface area contributed by atoms with E-state index in [4.69, 9.17) is 9.72 Å². The number of hydrogen-bond donors (Lipinski definition) is 0. The Morgan fingerprint density at radius 1 is 1.30 bits per heavy atom. The van der Waals surface area contributed by atoms with Gasteiger partial charge in [0.15, 0.2) is 0 Å². The molecule has 3 heterocycles. The van der Waals surface area contributed by atoms with E-state index in [1.165, 1.54) is 10.5 Å². The fourth-order valence-corrected chi connectivity index (χ4v) is 4.99. The summed E-state index contributed by atoms with van der Waals surface area (Å²) in [6.45, 7) is 5.89. The van der Waals surface area contributed by atoms with Crippen LogP contribution in [0, 0.1) is 6.92 Å². The van der Waals surface area contributed by atoms with E-state index in [1.807, 2.05) is 29.2 Å². The number of ether oxygens (including phenoxy) is 1. The molecule has 2 aromatic heterocycles. The van der Waals surface area contributed by atoms with Crippen molar-refractivity contribution in [3.63, 3.8) is 0 Å². The first-order valence-corrected chi connectivity index (χ1v) is 10.2. The molecule has 142 valence electrons. The van der Waals surface area contributed by atoms with Crippen molar-refractivity contribution in [2.75, 3.05) is 20.2 Å². The van der Waals surface area contributed by atoms with Gasteiger partial charge in [-0.25, -0.2) is 4.98 Å². The van der Waals surface area contributed by atoms with Gasteiger partial charge in [-0.15, -0.1) is 11.3 Å². The summed E-state index contributed by atoms with van der Waals surface area (Å²) in [5.74, 6) is 1.99. The molecule has 0 saturated carbocycles. The van der Waals surface area contributed by atoms with Gasteiger partial charge < -0.3 is 9.64 Å². The number of para-hydroxylation sites is 1. The third-order valence-corrected chi connectivity index (χ3v) is 6.63. The number of hydrogen-bond acceptors (Lipinski definition) is 4. The van der Waals surface area contributed by atoms with E-state index in [0.717, 1.165) is 43.1 Å². The first kappa shape index (κ1) is 18.0. The quantitative estimate of drug-likeness (QED) is 0.688. The zero-order valence-electron chi connectivity index (χ0n) is 16.1. The lowest BCUT2D eigenvalue weighted by atomic mass is 9.77. The van der Waals surface area contributed by atoms with E-state index in [0.29, 0.717) is 6.42 Å². The molecule has 0 bridgehead atoms. The SMILES string of the molecule is COc1ccccc1CC(=O)N1CCC(C)(c2nc(C)n3ccsc23)CC1. The van der Waals surface area contributed by atoms with E-state index in [-0.39, 0.29) is 11.3 Å². The highest BCUT2D eigenvalue weighted by atomic mass is 32.1. The molecule has 1 fully saturated rings. The van der Waals surface area contributed by atoms with Gasteiger partial charge in [0.1, 0.15) is 16.4 Å². The number of fused-ring (bicyclic) bond motifs is 1. The lowest BCUT2D eigenvalue weighted by Crippen LogP contribution is -2.44. The van der Waals surface area contributed by atoms with E-state index < -0.39 is 0 Å². The van der Waals surface area contributed by atoms with Crippen molar-refractivity contribution in [2.45, 2.75) is 38.5 Å². The lowest BCUT2D eigenvalue weighted by Gasteiger charge is -2.38. The predicted molar refractivity (Wildman–Crippen MR) is 108 cm³/mol.